The lowest BCUT2D eigenvalue weighted by Crippen LogP contribution is -2.45. The van der Waals surface area contributed by atoms with Gasteiger partial charge in [-0.05, 0) is 59.3 Å². The first kappa shape index (κ1) is 22.4. The smallest absolute Gasteiger partial charge is 0.175 e. The second-order valence-electron chi connectivity index (χ2n) is 7.90. The van der Waals surface area contributed by atoms with Gasteiger partial charge in [-0.3, -0.25) is 9.80 Å². The van der Waals surface area contributed by atoms with Gasteiger partial charge in [0.05, 0.1) is 23.7 Å². The van der Waals surface area contributed by atoms with E-state index in [0.29, 0.717) is 13.2 Å². The Balaban J connectivity index is 1.33. The lowest BCUT2D eigenvalue weighted by atomic mass is 10.2. The van der Waals surface area contributed by atoms with Gasteiger partial charge in [0, 0.05) is 39.0 Å². The van der Waals surface area contributed by atoms with Crippen LogP contribution >= 0.6 is 0 Å². The number of nitrogens with zero attached hydrogens (tertiary/aromatic N) is 6. The average molecular weight is 457 g/mol. The molecule has 1 aliphatic rings. The Kier molecular flexibility index (Phi) is 6.83. The van der Waals surface area contributed by atoms with Gasteiger partial charge in [-0.15, -0.1) is 5.10 Å². The van der Waals surface area contributed by atoms with Crippen molar-refractivity contribution in [2.24, 2.45) is 0 Å². The standard InChI is InChI=1S/C22H28N6O3S/c1-3-31-20-8-4-18(5-9-20)16-26-12-14-27(15-13-26)17-22-23-24-25-28(22)19-6-10-21(11-7-19)32(2,29)30/h4-11H,3,12-17H2,1-2H3. The maximum atomic E-state index is 11.7. The summed E-state index contributed by atoms with van der Waals surface area (Å²) in [6, 6.07) is 14.9. The number of benzene rings is 2. The largest absolute Gasteiger partial charge is 0.494 e. The Morgan fingerprint density at radius 3 is 2.12 bits per heavy atom. The normalized spacial score (nSPS) is 15.7. The van der Waals surface area contributed by atoms with Crippen LogP contribution in [0.4, 0.5) is 0 Å². The summed E-state index contributed by atoms with van der Waals surface area (Å²) >= 11 is 0. The molecule has 0 aliphatic carbocycles. The lowest BCUT2D eigenvalue weighted by molar-refractivity contribution is 0.119. The third-order valence-electron chi connectivity index (χ3n) is 5.51. The van der Waals surface area contributed by atoms with Gasteiger partial charge in [-0.2, -0.15) is 4.68 Å². The van der Waals surface area contributed by atoms with Crippen molar-refractivity contribution in [3.05, 3.63) is 59.9 Å². The number of ether oxygens (including phenoxy) is 1. The zero-order valence-corrected chi connectivity index (χ0v) is 19.2. The van der Waals surface area contributed by atoms with Crippen LogP contribution in [0, 0.1) is 0 Å². The van der Waals surface area contributed by atoms with Gasteiger partial charge in [-0.25, -0.2) is 8.42 Å². The van der Waals surface area contributed by atoms with Crippen molar-refractivity contribution in [1.82, 2.24) is 30.0 Å². The van der Waals surface area contributed by atoms with Gasteiger partial charge in [-0.1, -0.05) is 12.1 Å². The van der Waals surface area contributed by atoms with Crippen LogP contribution in [-0.4, -0.2) is 77.5 Å². The van der Waals surface area contributed by atoms with Gasteiger partial charge < -0.3 is 4.74 Å². The predicted octanol–water partition coefficient (Wildman–Crippen LogP) is 1.78. The Labute approximate surface area is 188 Å². The van der Waals surface area contributed by atoms with Crippen LogP contribution in [0.5, 0.6) is 5.75 Å². The van der Waals surface area contributed by atoms with Crippen LogP contribution in [0.15, 0.2) is 53.4 Å². The fraction of sp³-hybridized carbons (Fsp3) is 0.409. The van der Waals surface area contributed by atoms with E-state index in [-0.39, 0.29) is 4.90 Å². The molecule has 2 aromatic carbocycles. The van der Waals surface area contributed by atoms with Crippen LogP contribution < -0.4 is 4.74 Å². The number of piperazine rings is 1. The molecule has 3 aromatic rings. The van der Waals surface area contributed by atoms with Crippen molar-refractivity contribution in [3.8, 4) is 11.4 Å². The average Bonchev–Trinajstić information content (AvgIpc) is 3.24. The van der Waals surface area contributed by atoms with E-state index in [0.717, 1.165) is 50.0 Å². The molecule has 1 fully saturated rings. The molecule has 9 nitrogen and oxygen atoms in total. The number of tetrazole rings is 1. The summed E-state index contributed by atoms with van der Waals surface area (Å²) in [6.07, 6.45) is 1.19. The van der Waals surface area contributed by atoms with Gasteiger partial charge in [0.25, 0.3) is 0 Å². The van der Waals surface area contributed by atoms with Crippen LogP contribution in [0.3, 0.4) is 0 Å². The van der Waals surface area contributed by atoms with E-state index < -0.39 is 9.84 Å². The molecule has 4 rings (SSSR count). The summed E-state index contributed by atoms with van der Waals surface area (Å²) in [5, 5.41) is 12.1. The van der Waals surface area contributed by atoms with Crippen LogP contribution in [-0.2, 0) is 22.9 Å². The molecule has 0 unspecified atom stereocenters. The molecule has 1 saturated heterocycles. The summed E-state index contributed by atoms with van der Waals surface area (Å²) < 4.78 is 30.5. The van der Waals surface area contributed by atoms with Crippen molar-refractivity contribution in [3.63, 3.8) is 0 Å². The van der Waals surface area contributed by atoms with Crippen molar-refractivity contribution >= 4 is 9.84 Å². The molecular formula is C22H28N6O3S. The van der Waals surface area contributed by atoms with Gasteiger partial charge >= 0.3 is 0 Å². The van der Waals surface area contributed by atoms with Crippen molar-refractivity contribution in [2.75, 3.05) is 39.0 Å². The van der Waals surface area contributed by atoms with E-state index in [4.69, 9.17) is 4.74 Å². The zero-order chi connectivity index (χ0) is 22.6. The van der Waals surface area contributed by atoms with E-state index in [1.807, 2.05) is 19.1 Å². The Bertz CT molecular complexity index is 1120. The number of sulfone groups is 1. The molecular weight excluding hydrogens is 428 g/mol. The predicted molar refractivity (Wildman–Crippen MR) is 120 cm³/mol. The third-order valence-corrected chi connectivity index (χ3v) is 6.64. The first-order valence-corrected chi connectivity index (χ1v) is 12.6. The highest BCUT2D eigenvalue weighted by molar-refractivity contribution is 7.90. The van der Waals surface area contributed by atoms with Crippen LogP contribution in [0.25, 0.3) is 5.69 Å². The summed E-state index contributed by atoms with van der Waals surface area (Å²) in [5.41, 5.74) is 2.02. The van der Waals surface area contributed by atoms with E-state index in [1.165, 1.54) is 11.8 Å². The SMILES string of the molecule is CCOc1ccc(CN2CCN(Cc3nnnn3-c3ccc(S(C)(=O)=O)cc3)CC2)cc1. The Morgan fingerprint density at radius 2 is 1.53 bits per heavy atom. The lowest BCUT2D eigenvalue weighted by Gasteiger charge is -2.34. The highest BCUT2D eigenvalue weighted by atomic mass is 32.2. The molecule has 0 radical (unpaired) electrons. The highest BCUT2D eigenvalue weighted by Crippen LogP contribution is 2.17. The molecule has 0 N–H and O–H groups in total. The molecule has 0 saturated carbocycles. The molecule has 0 spiro atoms. The Morgan fingerprint density at radius 1 is 0.906 bits per heavy atom. The third kappa shape index (κ3) is 5.50. The fourth-order valence-electron chi connectivity index (χ4n) is 3.76. The molecule has 1 aliphatic heterocycles. The van der Waals surface area contributed by atoms with E-state index >= 15 is 0 Å². The Hall–Kier alpha value is -2.82. The summed E-state index contributed by atoms with van der Waals surface area (Å²) in [4.78, 5) is 5.06. The quantitative estimate of drug-likeness (QED) is 0.506. The molecule has 0 amide bonds. The van der Waals surface area contributed by atoms with Crippen LogP contribution in [0.2, 0.25) is 0 Å². The minimum atomic E-state index is -3.23. The summed E-state index contributed by atoms with van der Waals surface area (Å²) in [7, 11) is -3.23. The monoisotopic (exact) mass is 456 g/mol. The van der Waals surface area contributed by atoms with Gasteiger partial charge in [0.15, 0.2) is 15.7 Å². The second kappa shape index (κ2) is 9.76. The number of aromatic nitrogens is 4. The summed E-state index contributed by atoms with van der Waals surface area (Å²) in [5.74, 6) is 1.64. The number of hydrogen-bond donors (Lipinski definition) is 0. The van der Waals surface area contributed by atoms with Crippen molar-refractivity contribution in [1.29, 1.82) is 0 Å². The van der Waals surface area contributed by atoms with Crippen molar-refractivity contribution in [2.45, 2.75) is 24.9 Å². The molecule has 170 valence electrons. The topological polar surface area (TPSA) is 93.4 Å². The number of hydrogen-bond acceptors (Lipinski definition) is 8. The minimum Gasteiger partial charge on any atom is -0.494 e. The first-order chi connectivity index (χ1) is 15.4. The van der Waals surface area contributed by atoms with Gasteiger partial charge in [0.1, 0.15) is 5.75 Å². The first-order valence-electron chi connectivity index (χ1n) is 10.7. The molecule has 1 aromatic heterocycles. The van der Waals surface area contributed by atoms with Crippen LogP contribution in [0.1, 0.15) is 18.3 Å². The molecule has 32 heavy (non-hydrogen) atoms. The highest BCUT2D eigenvalue weighted by Gasteiger charge is 2.20. The number of rotatable bonds is 8. The zero-order valence-electron chi connectivity index (χ0n) is 18.4. The maximum Gasteiger partial charge on any atom is 0.175 e. The molecule has 0 atom stereocenters. The molecule has 2 heterocycles. The molecule has 10 heteroatoms. The second-order valence-corrected chi connectivity index (χ2v) is 9.92. The fourth-order valence-corrected chi connectivity index (χ4v) is 4.39. The summed E-state index contributed by atoms with van der Waals surface area (Å²) in [6.45, 7) is 8.02. The van der Waals surface area contributed by atoms with E-state index in [9.17, 15) is 8.42 Å². The molecule has 0 bridgehead atoms. The van der Waals surface area contributed by atoms with Crippen molar-refractivity contribution < 1.29 is 13.2 Å². The van der Waals surface area contributed by atoms with Gasteiger partial charge in [0.2, 0.25) is 0 Å². The van der Waals surface area contributed by atoms with E-state index in [1.54, 1.807) is 28.9 Å². The minimum absolute atomic E-state index is 0.277. The van der Waals surface area contributed by atoms with E-state index in [2.05, 4.69) is 37.5 Å². The maximum absolute atomic E-state index is 11.7.